The average Bonchev–Trinajstić information content (AvgIpc) is 3.04. The second-order valence-electron chi connectivity index (χ2n) is 6.94. The lowest BCUT2D eigenvalue weighted by atomic mass is 10.1. The number of halogens is 1. The number of hydrogen-bond acceptors (Lipinski definition) is 5. The molecule has 0 aliphatic carbocycles. The van der Waals surface area contributed by atoms with Crippen LogP contribution in [0.25, 0.3) is 17.1 Å². The molecule has 0 radical (unpaired) electrons. The highest BCUT2D eigenvalue weighted by molar-refractivity contribution is 7.99. The molecule has 2 aromatic heterocycles. The summed E-state index contributed by atoms with van der Waals surface area (Å²) in [4.78, 5) is 16.2. The Morgan fingerprint density at radius 1 is 1.11 bits per heavy atom. The highest BCUT2D eigenvalue weighted by Crippen LogP contribution is 2.27. The molecule has 1 N–H and O–H groups in total. The number of nitrogens with one attached hydrogen (secondary N) is 1. The van der Waals surface area contributed by atoms with Gasteiger partial charge < -0.3 is 5.32 Å². The Kier molecular flexibility index (Phi) is 5.55. The predicted molar refractivity (Wildman–Crippen MR) is 103 cm³/mol. The maximum absolute atomic E-state index is 13.4. The molecule has 0 saturated carbocycles. The summed E-state index contributed by atoms with van der Waals surface area (Å²) in [6, 6.07) is 9.72. The van der Waals surface area contributed by atoms with Crippen LogP contribution in [-0.4, -0.2) is 36.9 Å². The summed E-state index contributed by atoms with van der Waals surface area (Å²) < 4.78 is 15.2. The Bertz CT molecular complexity index is 920. The van der Waals surface area contributed by atoms with Crippen molar-refractivity contribution in [3.63, 3.8) is 0 Å². The highest BCUT2D eigenvalue weighted by Gasteiger charge is 2.19. The molecule has 3 aromatic rings. The SMILES string of the molecule is CC(C)(C)NC(=O)CSc1nnc(-c2ccncc2)n1-c1ccc(F)cc1. The normalized spacial score (nSPS) is 11.4. The van der Waals surface area contributed by atoms with Gasteiger partial charge in [0.15, 0.2) is 11.0 Å². The van der Waals surface area contributed by atoms with Crippen molar-refractivity contribution in [2.24, 2.45) is 0 Å². The van der Waals surface area contributed by atoms with E-state index < -0.39 is 0 Å². The van der Waals surface area contributed by atoms with Crippen molar-refractivity contribution in [3.05, 3.63) is 54.6 Å². The summed E-state index contributed by atoms with van der Waals surface area (Å²) in [5, 5.41) is 12.0. The first-order valence-corrected chi connectivity index (χ1v) is 9.37. The van der Waals surface area contributed by atoms with Gasteiger partial charge in [-0.05, 0) is 57.2 Å². The molecular formula is C19H20FN5OS. The molecule has 0 aliphatic heterocycles. The molecule has 8 heteroatoms. The third-order valence-electron chi connectivity index (χ3n) is 3.50. The topological polar surface area (TPSA) is 72.7 Å². The largest absolute Gasteiger partial charge is 0.351 e. The van der Waals surface area contributed by atoms with Crippen LogP contribution in [-0.2, 0) is 4.79 Å². The number of amides is 1. The molecule has 0 aliphatic rings. The lowest BCUT2D eigenvalue weighted by Crippen LogP contribution is -2.41. The summed E-state index contributed by atoms with van der Waals surface area (Å²) in [5.74, 6) is 0.387. The number of carbonyl (C=O) groups is 1. The first kappa shape index (κ1) is 19.0. The monoisotopic (exact) mass is 385 g/mol. The molecule has 140 valence electrons. The summed E-state index contributed by atoms with van der Waals surface area (Å²) in [6.07, 6.45) is 3.34. The maximum Gasteiger partial charge on any atom is 0.230 e. The van der Waals surface area contributed by atoms with Gasteiger partial charge in [0.05, 0.1) is 5.75 Å². The van der Waals surface area contributed by atoms with Gasteiger partial charge in [-0.25, -0.2) is 4.39 Å². The van der Waals surface area contributed by atoms with E-state index in [0.29, 0.717) is 16.7 Å². The van der Waals surface area contributed by atoms with Crippen molar-refractivity contribution in [2.75, 3.05) is 5.75 Å². The summed E-state index contributed by atoms with van der Waals surface area (Å²) in [6.45, 7) is 5.79. The van der Waals surface area contributed by atoms with E-state index in [1.54, 1.807) is 24.5 Å². The van der Waals surface area contributed by atoms with Crippen LogP contribution in [0.3, 0.4) is 0 Å². The third kappa shape index (κ3) is 4.91. The molecule has 1 aromatic carbocycles. The molecule has 0 atom stereocenters. The average molecular weight is 385 g/mol. The minimum Gasteiger partial charge on any atom is -0.351 e. The number of hydrogen-bond donors (Lipinski definition) is 1. The van der Waals surface area contributed by atoms with Gasteiger partial charge in [0.25, 0.3) is 0 Å². The maximum atomic E-state index is 13.4. The van der Waals surface area contributed by atoms with Crippen LogP contribution in [0.4, 0.5) is 4.39 Å². The lowest BCUT2D eigenvalue weighted by Gasteiger charge is -2.20. The number of aromatic nitrogens is 4. The second-order valence-corrected chi connectivity index (χ2v) is 7.88. The van der Waals surface area contributed by atoms with Gasteiger partial charge in [0, 0.05) is 29.2 Å². The van der Waals surface area contributed by atoms with Crippen LogP contribution < -0.4 is 5.32 Å². The summed E-state index contributed by atoms with van der Waals surface area (Å²) in [5.41, 5.74) is 1.24. The zero-order valence-corrected chi connectivity index (χ0v) is 16.1. The van der Waals surface area contributed by atoms with Crippen LogP contribution in [0.2, 0.25) is 0 Å². The lowest BCUT2D eigenvalue weighted by molar-refractivity contribution is -0.119. The van der Waals surface area contributed by atoms with Gasteiger partial charge >= 0.3 is 0 Å². The Balaban J connectivity index is 1.93. The second kappa shape index (κ2) is 7.87. The molecule has 0 unspecified atom stereocenters. The smallest absolute Gasteiger partial charge is 0.230 e. The molecule has 0 saturated heterocycles. The zero-order valence-electron chi connectivity index (χ0n) is 15.3. The first-order valence-electron chi connectivity index (χ1n) is 8.39. The van der Waals surface area contributed by atoms with E-state index in [-0.39, 0.29) is 23.0 Å². The third-order valence-corrected chi connectivity index (χ3v) is 4.43. The zero-order chi connectivity index (χ0) is 19.4. The molecule has 1 amide bonds. The van der Waals surface area contributed by atoms with E-state index >= 15 is 0 Å². The van der Waals surface area contributed by atoms with Crippen LogP contribution in [0, 0.1) is 5.82 Å². The van der Waals surface area contributed by atoms with Gasteiger partial charge in [-0.1, -0.05) is 11.8 Å². The Labute approximate surface area is 161 Å². The number of pyridine rings is 1. The van der Waals surface area contributed by atoms with E-state index in [0.717, 1.165) is 5.56 Å². The minimum atomic E-state index is -0.323. The van der Waals surface area contributed by atoms with Crippen molar-refractivity contribution in [2.45, 2.75) is 31.5 Å². The summed E-state index contributed by atoms with van der Waals surface area (Å²) >= 11 is 1.28. The van der Waals surface area contributed by atoms with Crippen molar-refractivity contribution >= 4 is 17.7 Å². The fraction of sp³-hybridized carbons (Fsp3) is 0.263. The Morgan fingerprint density at radius 2 is 1.78 bits per heavy atom. The number of thioether (sulfide) groups is 1. The van der Waals surface area contributed by atoms with E-state index in [9.17, 15) is 9.18 Å². The molecule has 27 heavy (non-hydrogen) atoms. The van der Waals surface area contributed by atoms with Crippen LogP contribution in [0.5, 0.6) is 0 Å². The molecule has 0 fully saturated rings. The Morgan fingerprint density at radius 3 is 2.41 bits per heavy atom. The van der Waals surface area contributed by atoms with E-state index in [4.69, 9.17) is 0 Å². The van der Waals surface area contributed by atoms with Crippen molar-refractivity contribution in [1.82, 2.24) is 25.1 Å². The molecule has 6 nitrogen and oxygen atoms in total. The van der Waals surface area contributed by atoms with Gasteiger partial charge in [0.1, 0.15) is 5.82 Å². The minimum absolute atomic E-state index is 0.0911. The number of nitrogens with zero attached hydrogens (tertiary/aromatic N) is 4. The predicted octanol–water partition coefficient (Wildman–Crippen LogP) is 3.48. The molecule has 0 spiro atoms. The first-order chi connectivity index (χ1) is 12.8. The fourth-order valence-corrected chi connectivity index (χ4v) is 3.21. The van der Waals surface area contributed by atoms with E-state index in [2.05, 4.69) is 20.5 Å². The molecular weight excluding hydrogens is 365 g/mol. The van der Waals surface area contributed by atoms with Crippen molar-refractivity contribution < 1.29 is 9.18 Å². The van der Waals surface area contributed by atoms with Crippen molar-refractivity contribution in [1.29, 1.82) is 0 Å². The van der Waals surface area contributed by atoms with Gasteiger partial charge in [0.2, 0.25) is 5.91 Å². The van der Waals surface area contributed by atoms with Crippen LogP contribution >= 0.6 is 11.8 Å². The fourth-order valence-electron chi connectivity index (χ4n) is 2.46. The van der Waals surface area contributed by atoms with Gasteiger partial charge in [-0.2, -0.15) is 0 Å². The number of benzene rings is 1. The van der Waals surface area contributed by atoms with Crippen LogP contribution in [0.1, 0.15) is 20.8 Å². The molecule has 2 heterocycles. The van der Waals surface area contributed by atoms with Gasteiger partial charge in [-0.15, -0.1) is 10.2 Å². The standard InChI is InChI=1S/C19H20FN5OS/c1-19(2,3)22-16(26)12-27-18-24-23-17(13-8-10-21-11-9-13)25(18)15-6-4-14(20)5-7-15/h4-11H,12H2,1-3H3,(H,22,26). The highest BCUT2D eigenvalue weighted by atomic mass is 32.2. The number of rotatable bonds is 5. The van der Waals surface area contributed by atoms with E-state index in [1.165, 1.54) is 23.9 Å². The molecule has 3 rings (SSSR count). The van der Waals surface area contributed by atoms with Gasteiger partial charge in [-0.3, -0.25) is 14.3 Å². The Hall–Kier alpha value is -2.74. The van der Waals surface area contributed by atoms with Crippen molar-refractivity contribution in [3.8, 4) is 17.1 Å². The quantitative estimate of drug-likeness (QED) is 0.681. The summed E-state index contributed by atoms with van der Waals surface area (Å²) in [7, 11) is 0. The van der Waals surface area contributed by atoms with E-state index in [1.807, 2.05) is 37.5 Å². The molecule has 0 bridgehead atoms. The number of carbonyl (C=O) groups excluding carboxylic acids is 1. The van der Waals surface area contributed by atoms with Crippen LogP contribution in [0.15, 0.2) is 53.9 Å².